The van der Waals surface area contributed by atoms with Gasteiger partial charge in [0.15, 0.2) is 14.2 Å². The summed E-state index contributed by atoms with van der Waals surface area (Å²) in [6.45, 7) is 1.86. The highest BCUT2D eigenvalue weighted by atomic mass is 31.1. The molecule has 126 valence electrons. The maximum Gasteiger partial charge on any atom is 0.177 e. The van der Waals surface area contributed by atoms with Crippen LogP contribution in [0.15, 0.2) is 48.5 Å². The Morgan fingerprint density at radius 3 is 2.08 bits per heavy atom. The summed E-state index contributed by atoms with van der Waals surface area (Å²) >= 11 is 0. The van der Waals surface area contributed by atoms with E-state index in [0.29, 0.717) is 23.5 Å². The molecule has 0 heterocycles. The summed E-state index contributed by atoms with van der Waals surface area (Å²) in [7, 11) is 3.09. The molecule has 0 amide bonds. The summed E-state index contributed by atoms with van der Waals surface area (Å²) in [5.41, 5.74) is 1.19. The van der Waals surface area contributed by atoms with E-state index in [-0.39, 0.29) is 19.9 Å². The Balaban J connectivity index is 2.51. The topological polar surface area (TPSA) is 52.6 Å². The van der Waals surface area contributed by atoms with Crippen LogP contribution in [0, 0.1) is 0 Å². The Hall–Kier alpha value is -2.19. The van der Waals surface area contributed by atoms with E-state index in [9.17, 15) is 9.36 Å². The average molecular weight is 344 g/mol. The number of benzene rings is 2. The van der Waals surface area contributed by atoms with Gasteiger partial charge >= 0.3 is 0 Å². The van der Waals surface area contributed by atoms with Gasteiger partial charge in [-0.15, -0.1) is 0 Å². The van der Waals surface area contributed by atoms with Crippen molar-refractivity contribution in [3.05, 3.63) is 59.7 Å². The van der Waals surface area contributed by atoms with Crippen molar-refractivity contribution in [3.63, 3.8) is 0 Å². The average Bonchev–Trinajstić information content (AvgIpc) is 2.65. The van der Waals surface area contributed by atoms with E-state index in [1.165, 1.54) is 14.2 Å². The molecule has 2 aromatic rings. The maximum atomic E-state index is 13.3. The number of hydrogen-bond acceptors (Lipinski definition) is 4. The standard InChI is InChI=1S/C19H21O4P/c1-13(24-21)12-15(14-8-5-4-6-9-14)19(20)18-16(22-2)10-7-11-17(18)23-3/h4-11,13,15H,12H2,1-3H3. The molecule has 4 nitrogen and oxygen atoms in total. The first kappa shape index (κ1) is 18.2. The lowest BCUT2D eigenvalue weighted by Crippen LogP contribution is -2.18. The van der Waals surface area contributed by atoms with Gasteiger partial charge in [-0.1, -0.05) is 43.3 Å². The van der Waals surface area contributed by atoms with Crippen molar-refractivity contribution in [2.75, 3.05) is 14.2 Å². The van der Waals surface area contributed by atoms with Gasteiger partial charge in [0.05, 0.1) is 14.2 Å². The Bertz CT molecular complexity index is 678. The highest BCUT2D eigenvalue weighted by Crippen LogP contribution is 2.36. The Kier molecular flexibility index (Phi) is 6.51. The molecule has 2 unspecified atom stereocenters. The van der Waals surface area contributed by atoms with Crippen LogP contribution >= 0.6 is 8.46 Å². The quantitative estimate of drug-likeness (QED) is 0.513. The van der Waals surface area contributed by atoms with Gasteiger partial charge < -0.3 is 9.47 Å². The van der Waals surface area contributed by atoms with E-state index in [0.717, 1.165) is 5.56 Å². The van der Waals surface area contributed by atoms with Gasteiger partial charge in [-0.3, -0.25) is 9.36 Å². The van der Waals surface area contributed by atoms with Gasteiger partial charge in [-0.05, 0) is 24.1 Å². The first-order valence-electron chi connectivity index (χ1n) is 7.75. The van der Waals surface area contributed by atoms with E-state index in [1.807, 2.05) is 37.3 Å². The zero-order valence-corrected chi connectivity index (χ0v) is 15.0. The lowest BCUT2D eigenvalue weighted by atomic mass is 9.86. The van der Waals surface area contributed by atoms with Crippen molar-refractivity contribution >= 4 is 14.2 Å². The van der Waals surface area contributed by atoms with Crippen molar-refractivity contribution in [1.82, 2.24) is 0 Å². The first-order valence-corrected chi connectivity index (χ1v) is 8.63. The second-order valence-corrected chi connectivity index (χ2v) is 6.65. The molecule has 0 aliphatic rings. The number of rotatable bonds is 8. The summed E-state index contributed by atoms with van der Waals surface area (Å²) in [6, 6.07) is 14.8. The zero-order chi connectivity index (χ0) is 17.5. The summed E-state index contributed by atoms with van der Waals surface area (Å²) in [5, 5.41) is 0. The molecule has 2 atom stereocenters. The molecule has 0 bridgehead atoms. The summed E-state index contributed by atoms with van der Waals surface area (Å²) in [6.07, 6.45) is 0.481. The Morgan fingerprint density at radius 2 is 1.58 bits per heavy atom. The molecular weight excluding hydrogens is 323 g/mol. The SMILES string of the molecule is COc1cccc(OC)c1C(=O)C(CC(C)P=O)c1ccccc1. The molecule has 0 saturated carbocycles. The summed E-state index contributed by atoms with van der Waals surface area (Å²) in [5.74, 6) is 0.457. The van der Waals surface area contributed by atoms with Gasteiger partial charge in [0.25, 0.3) is 0 Å². The molecule has 0 saturated heterocycles. The lowest BCUT2D eigenvalue weighted by molar-refractivity contribution is 0.0949. The van der Waals surface area contributed by atoms with Crippen LogP contribution in [0.2, 0.25) is 0 Å². The molecule has 0 spiro atoms. The number of methoxy groups -OCH3 is 2. The summed E-state index contributed by atoms with van der Waals surface area (Å²) < 4.78 is 21.9. The van der Waals surface area contributed by atoms with E-state index < -0.39 is 5.92 Å². The maximum absolute atomic E-state index is 13.3. The molecule has 0 fully saturated rings. The Morgan fingerprint density at radius 1 is 1.00 bits per heavy atom. The number of carbonyl (C=O) groups is 1. The number of ketones is 1. The zero-order valence-electron chi connectivity index (χ0n) is 14.1. The number of hydrogen-bond donors (Lipinski definition) is 0. The second kappa shape index (κ2) is 8.60. The minimum Gasteiger partial charge on any atom is -0.496 e. The third kappa shape index (κ3) is 4.01. The van der Waals surface area contributed by atoms with Gasteiger partial charge in [-0.2, -0.15) is 0 Å². The molecule has 5 heteroatoms. The molecular formula is C19H21O4P. The monoisotopic (exact) mass is 344 g/mol. The van der Waals surface area contributed by atoms with E-state index in [4.69, 9.17) is 9.47 Å². The van der Waals surface area contributed by atoms with Crippen LogP contribution in [-0.2, 0) is 4.57 Å². The molecule has 0 aromatic heterocycles. The third-order valence-corrected chi connectivity index (χ3v) is 4.52. The smallest absolute Gasteiger partial charge is 0.177 e. The van der Waals surface area contributed by atoms with E-state index in [2.05, 4.69) is 0 Å². The van der Waals surface area contributed by atoms with Crippen molar-refractivity contribution in [1.29, 1.82) is 0 Å². The molecule has 24 heavy (non-hydrogen) atoms. The summed E-state index contributed by atoms with van der Waals surface area (Å²) in [4.78, 5) is 13.3. The number of ether oxygens (including phenoxy) is 2. The van der Waals surface area contributed by atoms with Crippen LogP contribution in [0.4, 0.5) is 0 Å². The molecule has 0 aliphatic carbocycles. The predicted molar refractivity (Wildman–Crippen MR) is 94.7 cm³/mol. The largest absolute Gasteiger partial charge is 0.496 e. The fraction of sp³-hybridized carbons (Fsp3) is 0.316. The molecule has 2 rings (SSSR count). The van der Waals surface area contributed by atoms with Crippen molar-refractivity contribution in [2.45, 2.75) is 24.9 Å². The molecule has 2 aromatic carbocycles. The van der Waals surface area contributed by atoms with Crippen molar-refractivity contribution < 1.29 is 18.8 Å². The highest BCUT2D eigenvalue weighted by molar-refractivity contribution is 7.24. The number of carbonyl (C=O) groups excluding carboxylic acids is 1. The van der Waals surface area contributed by atoms with Crippen LogP contribution in [0.5, 0.6) is 11.5 Å². The van der Waals surface area contributed by atoms with Gasteiger partial charge in [0.1, 0.15) is 17.1 Å². The fourth-order valence-electron chi connectivity index (χ4n) is 2.73. The second-order valence-electron chi connectivity index (χ2n) is 5.56. The number of Topliss-reactive ketones (excluding diaryl/α,β-unsaturated/α-hetero) is 1. The van der Waals surface area contributed by atoms with Crippen LogP contribution in [0.3, 0.4) is 0 Å². The lowest BCUT2D eigenvalue weighted by Gasteiger charge is -2.20. The van der Waals surface area contributed by atoms with Crippen molar-refractivity contribution in [2.24, 2.45) is 0 Å². The fourth-order valence-corrected chi connectivity index (χ4v) is 3.03. The van der Waals surface area contributed by atoms with Gasteiger partial charge in [0.2, 0.25) is 0 Å². The van der Waals surface area contributed by atoms with Gasteiger partial charge in [0, 0.05) is 11.6 Å². The Labute approximate surface area is 144 Å². The predicted octanol–water partition coefficient (Wildman–Crippen LogP) is 4.74. The van der Waals surface area contributed by atoms with Crippen LogP contribution in [0.1, 0.15) is 35.2 Å². The van der Waals surface area contributed by atoms with Gasteiger partial charge in [-0.25, -0.2) is 0 Å². The first-order chi connectivity index (χ1) is 11.6. The third-order valence-electron chi connectivity index (χ3n) is 3.95. The van der Waals surface area contributed by atoms with Crippen LogP contribution < -0.4 is 9.47 Å². The van der Waals surface area contributed by atoms with E-state index >= 15 is 0 Å². The molecule has 0 N–H and O–H groups in total. The normalized spacial score (nSPS) is 13.3. The molecule has 0 radical (unpaired) electrons. The van der Waals surface area contributed by atoms with E-state index in [1.54, 1.807) is 18.2 Å². The van der Waals surface area contributed by atoms with Crippen molar-refractivity contribution in [3.8, 4) is 11.5 Å². The minimum atomic E-state index is -0.409. The van der Waals surface area contributed by atoms with Crippen LogP contribution in [-0.4, -0.2) is 25.7 Å². The molecule has 0 aliphatic heterocycles. The van der Waals surface area contributed by atoms with Crippen LogP contribution in [0.25, 0.3) is 0 Å². The minimum absolute atomic E-state index is 0.0327. The highest BCUT2D eigenvalue weighted by Gasteiger charge is 2.29.